The Balaban J connectivity index is 1.38. The Hall–Kier alpha value is -3.15. The molecule has 2 aromatic heterocycles. The number of aromatic nitrogens is 2. The number of nitrogens with zero attached hydrogens (tertiary/aromatic N) is 4. The van der Waals surface area contributed by atoms with Gasteiger partial charge in [0.05, 0.1) is 11.4 Å². The van der Waals surface area contributed by atoms with Crippen molar-refractivity contribution in [1.82, 2.24) is 19.8 Å². The van der Waals surface area contributed by atoms with Crippen molar-refractivity contribution < 1.29 is 4.79 Å². The number of likely N-dealkylation sites (N-methyl/N-ethyl adjacent to an activating group) is 1. The average Bonchev–Trinajstić information content (AvgIpc) is 3.16. The molecule has 0 atom stereocenters. The maximum Gasteiger partial charge on any atom is 0.151 e. The number of carbonyl (C=O) groups excluding carboxylic acids is 1. The Bertz CT molecular complexity index is 1160. The van der Waals surface area contributed by atoms with E-state index in [-0.39, 0.29) is 0 Å². The van der Waals surface area contributed by atoms with Gasteiger partial charge >= 0.3 is 0 Å². The molecule has 5 nitrogen and oxygen atoms in total. The Morgan fingerprint density at radius 3 is 2.41 bits per heavy atom. The molecule has 162 valence electrons. The number of carbonyl (C=O) groups is 1. The van der Waals surface area contributed by atoms with Gasteiger partial charge in [-0.2, -0.15) is 0 Å². The Morgan fingerprint density at radius 1 is 0.938 bits per heavy atom. The van der Waals surface area contributed by atoms with Crippen LogP contribution >= 0.6 is 0 Å². The second-order valence-electron chi connectivity index (χ2n) is 8.92. The first-order valence-corrected chi connectivity index (χ1v) is 11.2. The van der Waals surface area contributed by atoms with Gasteiger partial charge in [0, 0.05) is 73.8 Å². The van der Waals surface area contributed by atoms with Gasteiger partial charge in [-0.05, 0) is 43.3 Å². The summed E-state index contributed by atoms with van der Waals surface area (Å²) in [5.74, 6) is 0. The van der Waals surface area contributed by atoms with E-state index < -0.39 is 0 Å². The van der Waals surface area contributed by atoms with Crippen molar-refractivity contribution in [1.29, 1.82) is 0 Å². The number of hydrogen-bond acceptors (Lipinski definition) is 5. The average molecular weight is 425 g/mol. The van der Waals surface area contributed by atoms with E-state index in [9.17, 15) is 4.79 Å². The number of fused-ring (bicyclic) bond motifs is 1. The molecule has 3 heterocycles. The second kappa shape index (κ2) is 8.77. The lowest BCUT2D eigenvalue weighted by molar-refractivity contribution is 0.112. The van der Waals surface area contributed by atoms with Gasteiger partial charge in [-0.25, -0.2) is 0 Å². The molecular weight excluding hydrogens is 396 g/mol. The Kier molecular flexibility index (Phi) is 5.68. The highest BCUT2D eigenvalue weighted by atomic mass is 16.1. The van der Waals surface area contributed by atoms with Crippen molar-refractivity contribution in [3.8, 4) is 11.1 Å². The van der Waals surface area contributed by atoms with Gasteiger partial charge in [0.1, 0.15) is 0 Å². The van der Waals surface area contributed by atoms with Gasteiger partial charge in [0.2, 0.25) is 0 Å². The number of hydrogen-bond donors (Lipinski definition) is 0. The molecule has 0 bridgehead atoms. The van der Waals surface area contributed by atoms with Crippen LogP contribution in [0.2, 0.25) is 0 Å². The van der Waals surface area contributed by atoms with E-state index in [0.29, 0.717) is 5.56 Å². The Labute approximate surface area is 189 Å². The molecule has 1 aliphatic carbocycles. The van der Waals surface area contributed by atoms with Gasteiger partial charge in [0.15, 0.2) is 6.29 Å². The van der Waals surface area contributed by atoms with Crippen LogP contribution in [-0.4, -0.2) is 59.3 Å². The number of aldehydes is 1. The SMILES string of the molecule is CC1=C(c2ccc(C=O)cn2)c2cc(-c3ccc(CN4CCN(C)CC4)cc3)cnc2C1. The lowest BCUT2D eigenvalue weighted by Gasteiger charge is -2.32. The molecule has 0 amide bonds. The molecule has 0 spiro atoms. The maximum absolute atomic E-state index is 11.0. The van der Waals surface area contributed by atoms with Crippen molar-refractivity contribution >= 4 is 11.9 Å². The molecule has 0 saturated carbocycles. The quantitative estimate of drug-likeness (QED) is 0.578. The highest BCUT2D eigenvalue weighted by Gasteiger charge is 2.23. The molecule has 1 aliphatic heterocycles. The van der Waals surface area contributed by atoms with Crippen molar-refractivity contribution in [3.63, 3.8) is 0 Å². The van der Waals surface area contributed by atoms with E-state index in [2.05, 4.69) is 59.1 Å². The van der Waals surface area contributed by atoms with Crippen LogP contribution in [0, 0.1) is 0 Å². The third kappa shape index (κ3) is 4.14. The van der Waals surface area contributed by atoms with Crippen molar-refractivity contribution in [2.45, 2.75) is 19.9 Å². The lowest BCUT2D eigenvalue weighted by atomic mass is 9.99. The summed E-state index contributed by atoms with van der Waals surface area (Å²) in [6.07, 6.45) is 5.28. The summed E-state index contributed by atoms with van der Waals surface area (Å²) in [6, 6.07) is 14.9. The monoisotopic (exact) mass is 424 g/mol. The van der Waals surface area contributed by atoms with E-state index in [1.807, 2.05) is 18.3 Å². The van der Waals surface area contributed by atoms with E-state index in [4.69, 9.17) is 4.98 Å². The summed E-state index contributed by atoms with van der Waals surface area (Å²) < 4.78 is 0. The number of pyridine rings is 2. The minimum Gasteiger partial charge on any atom is -0.304 e. The zero-order valence-electron chi connectivity index (χ0n) is 18.7. The largest absolute Gasteiger partial charge is 0.304 e. The van der Waals surface area contributed by atoms with Crippen LogP contribution in [0.15, 0.2) is 60.4 Å². The molecule has 3 aromatic rings. The zero-order chi connectivity index (χ0) is 22.1. The summed E-state index contributed by atoms with van der Waals surface area (Å²) in [7, 11) is 2.19. The standard InChI is InChI=1S/C27H28N4O/c1-19-13-26-24(27(19)25-8-5-21(18-32)15-28-25)14-23(16-29-26)22-6-3-20(4-7-22)17-31-11-9-30(2)10-12-31/h3-8,14-16,18H,9-13,17H2,1-2H3. The summed E-state index contributed by atoms with van der Waals surface area (Å²) in [4.78, 5) is 25.2. The van der Waals surface area contributed by atoms with Crippen LogP contribution in [0.1, 0.15) is 39.8 Å². The van der Waals surface area contributed by atoms with E-state index >= 15 is 0 Å². The topological polar surface area (TPSA) is 49.3 Å². The molecule has 5 rings (SSSR count). The summed E-state index contributed by atoms with van der Waals surface area (Å²) in [5.41, 5.74) is 9.77. The molecule has 2 aliphatic rings. The van der Waals surface area contributed by atoms with E-state index in [1.165, 1.54) is 16.7 Å². The third-order valence-electron chi connectivity index (χ3n) is 6.57. The molecular formula is C27H28N4O. The molecule has 0 N–H and O–H groups in total. The fraction of sp³-hybridized carbons (Fsp3) is 0.296. The van der Waals surface area contributed by atoms with Gasteiger partial charge in [-0.15, -0.1) is 0 Å². The van der Waals surface area contributed by atoms with E-state index in [1.54, 1.807) is 6.20 Å². The molecule has 5 heteroatoms. The first-order chi connectivity index (χ1) is 15.6. The number of benzene rings is 1. The summed E-state index contributed by atoms with van der Waals surface area (Å²) >= 11 is 0. The molecule has 32 heavy (non-hydrogen) atoms. The number of rotatable bonds is 5. The molecule has 0 unspecified atom stereocenters. The first kappa shape index (κ1) is 20.7. The molecule has 1 fully saturated rings. The van der Waals surface area contributed by atoms with Gasteiger partial charge in [-0.1, -0.05) is 29.8 Å². The van der Waals surface area contributed by atoms with E-state index in [0.717, 1.165) is 73.5 Å². The van der Waals surface area contributed by atoms with Crippen LogP contribution < -0.4 is 0 Å². The smallest absolute Gasteiger partial charge is 0.151 e. The number of allylic oxidation sites excluding steroid dienone is 1. The minimum atomic E-state index is 0.591. The third-order valence-corrected chi connectivity index (χ3v) is 6.57. The highest BCUT2D eigenvalue weighted by Crippen LogP contribution is 2.37. The lowest BCUT2D eigenvalue weighted by Crippen LogP contribution is -2.43. The second-order valence-corrected chi connectivity index (χ2v) is 8.92. The van der Waals surface area contributed by atoms with Crippen LogP contribution in [0.4, 0.5) is 0 Å². The fourth-order valence-electron chi connectivity index (χ4n) is 4.62. The van der Waals surface area contributed by atoms with Crippen molar-refractivity contribution in [3.05, 3.63) is 88.5 Å². The van der Waals surface area contributed by atoms with Crippen LogP contribution in [-0.2, 0) is 13.0 Å². The van der Waals surface area contributed by atoms with Crippen LogP contribution in [0.25, 0.3) is 16.7 Å². The van der Waals surface area contributed by atoms with Crippen molar-refractivity contribution in [2.24, 2.45) is 0 Å². The molecule has 0 radical (unpaired) electrons. The van der Waals surface area contributed by atoms with Gasteiger partial charge < -0.3 is 4.90 Å². The van der Waals surface area contributed by atoms with Crippen molar-refractivity contribution in [2.75, 3.05) is 33.2 Å². The normalized spacial score (nSPS) is 16.9. The summed E-state index contributed by atoms with van der Waals surface area (Å²) in [6.45, 7) is 7.68. The zero-order valence-corrected chi connectivity index (χ0v) is 18.7. The van der Waals surface area contributed by atoms with Gasteiger partial charge in [0.25, 0.3) is 0 Å². The number of piperazine rings is 1. The Morgan fingerprint density at radius 2 is 1.72 bits per heavy atom. The first-order valence-electron chi connectivity index (χ1n) is 11.2. The summed E-state index contributed by atoms with van der Waals surface area (Å²) in [5, 5.41) is 0. The highest BCUT2D eigenvalue weighted by molar-refractivity contribution is 5.87. The predicted molar refractivity (Wildman–Crippen MR) is 127 cm³/mol. The predicted octanol–water partition coefficient (Wildman–Crippen LogP) is 4.08. The molecule has 1 saturated heterocycles. The van der Waals surface area contributed by atoms with Crippen LogP contribution in [0.5, 0.6) is 0 Å². The minimum absolute atomic E-state index is 0.591. The van der Waals surface area contributed by atoms with Gasteiger partial charge in [-0.3, -0.25) is 19.7 Å². The molecule has 1 aromatic carbocycles. The maximum atomic E-state index is 11.0. The fourth-order valence-corrected chi connectivity index (χ4v) is 4.62. The van der Waals surface area contributed by atoms with Crippen LogP contribution in [0.3, 0.4) is 0 Å².